The maximum Gasteiger partial charge on any atom is 0.448 e. The molecule has 0 aromatic carbocycles. The minimum absolute atomic E-state index is 0.395. The minimum atomic E-state index is -5.56. The molecule has 0 radical (unpaired) electrons. The first-order chi connectivity index (χ1) is 7.27. The second-order valence-electron chi connectivity index (χ2n) is 2.46. The molecule has 0 aromatic rings. The molecule has 0 bridgehead atoms. The largest absolute Gasteiger partial charge is 0.448 e. The SMILES string of the molecule is CC(F)(F)C=C(F)F.FC(F)=C(F)C(F)(F)F. The predicted octanol–water partition coefficient (Wildman–Crippen LogP) is 5.05. The Balaban J connectivity index is 0. The molecule has 17 heavy (non-hydrogen) atoms. The summed E-state index contributed by atoms with van der Waals surface area (Å²) < 4.78 is 109. The summed E-state index contributed by atoms with van der Waals surface area (Å²) in [5, 5.41) is 0. The maximum atomic E-state index is 11.4. The second kappa shape index (κ2) is 6.50. The van der Waals surface area contributed by atoms with Crippen LogP contribution < -0.4 is 0 Å². The number of allylic oxidation sites excluding steroid dienone is 2. The lowest BCUT2D eigenvalue weighted by atomic mass is 10.4. The smallest absolute Gasteiger partial charge is 0.202 e. The first-order valence-electron chi connectivity index (χ1n) is 3.47. The average molecular weight is 278 g/mol. The number of halogens is 10. The van der Waals surface area contributed by atoms with Gasteiger partial charge in [0.05, 0.1) is 0 Å². The molecule has 0 fully saturated rings. The molecule has 0 rings (SSSR count). The van der Waals surface area contributed by atoms with Crippen LogP contribution >= 0.6 is 0 Å². The van der Waals surface area contributed by atoms with E-state index in [0.29, 0.717) is 6.92 Å². The van der Waals surface area contributed by atoms with Crippen molar-refractivity contribution in [1.29, 1.82) is 0 Å². The molecular weight excluding hydrogens is 274 g/mol. The summed E-state index contributed by atoms with van der Waals surface area (Å²) in [4.78, 5) is 0. The Morgan fingerprint density at radius 3 is 1.18 bits per heavy atom. The second-order valence-corrected chi connectivity index (χ2v) is 2.46. The van der Waals surface area contributed by atoms with Crippen molar-refractivity contribution in [2.75, 3.05) is 0 Å². The van der Waals surface area contributed by atoms with E-state index < -0.39 is 36.2 Å². The van der Waals surface area contributed by atoms with Crippen LogP contribution in [0.3, 0.4) is 0 Å². The van der Waals surface area contributed by atoms with Crippen molar-refractivity contribution in [3.8, 4) is 0 Å². The van der Waals surface area contributed by atoms with Crippen LogP contribution in [0.5, 0.6) is 0 Å². The number of rotatable bonds is 1. The van der Waals surface area contributed by atoms with Crippen LogP contribution in [-0.2, 0) is 0 Å². The Morgan fingerprint density at radius 1 is 0.824 bits per heavy atom. The molecule has 0 aliphatic carbocycles. The molecule has 10 heteroatoms. The van der Waals surface area contributed by atoms with Crippen LogP contribution in [-0.4, -0.2) is 12.1 Å². The highest BCUT2D eigenvalue weighted by molar-refractivity contribution is 4.98. The van der Waals surface area contributed by atoms with Gasteiger partial charge in [-0.25, -0.2) is 8.78 Å². The van der Waals surface area contributed by atoms with Crippen LogP contribution in [0.25, 0.3) is 0 Å². The van der Waals surface area contributed by atoms with E-state index in [1.165, 1.54) is 0 Å². The van der Waals surface area contributed by atoms with Gasteiger partial charge in [-0.1, -0.05) is 0 Å². The Hall–Kier alpha value is -1.22. The summed E-state index contributed by atoms with van der Waals surface area (Å²) in [7, 11) is 0. The molecule has 0 spiro atoms. The summed E-state index contributed by atoms with van der Waals surface area (Å²) in [6, 6.07) is 0. The standard InChI is InChI=1S/C4H4F4.C3F6/c1-4(7,8)2-3(5)6;4-1(2(5)6)3(7,8)9/h2H,1H3;. The predicted molar refractivity (Wildman–Crippen MR) is 37.3 cm³/mol. The molecule has 0 N–H and O–H groups in total. The van der Waals surface area contributed by atoms with Gasteiger partial charge in [-0.3, -0.25) is 0 Å². The van der Waals surface area contributed by atoms with Gasteiger partial charge in [-0.05, 0) is 0 Å². The third-order valence-corrected chi connectivity index (χ3v) is 0.777. The molecule has 0 aromatic heterocycles. The number of hydrogen-bond acceptors (Lipinski definition) is 0. The van der Waals surface area contributed by atoms with Crippen molar-refractivity contribution in [1.82, 2.24) is 0 Å². The van der Waals surface area contributed by atoms with E-state index >= 15 is 0 Å². The highest BCUT2D eigenvalue weighted by atomic mass is 19.4. The molecule has 0 aliphatic rings. The monoisotopic (exact) mass is 278 g/mol. The van der Waals surface area contributed by atoms with Crippen molar-refractivity contribution in [2.24, 2.45) is 0 Å². The molecular formula is C7H4F10. The molecule has 0 saturated carbocycles. The third-order valence-electron chi connectivity index (χ3n) is 0.777. The van der Waals surface area contributed by atoms with Gasteiger partial charge in [-0.15, -0.1) is 0 Å². The van der Waals surface area contributed by atoms with E-state index in [-0.39, 0.29) is 0 Å². The van der Waals surface area contributed by atoms with Gasteiger partial charge in [0.25, 0.3) is 17.8 Å². The Kier molecular flexibility index (Phi) is 6.94. The topological polar surface area (TPSA) is 0 Å². The van der Waals surface area contributed by atoms with Gasteiger partial charge < -0.3 is 0 Å². The molecule has 0 unspecified atom stereocenters. The Labute approximate surface area is 88.2 Å². The molecule has 102 valence electrons. The van der Waals surface area contributed by atoms with Crippen molar-refractivity contribution in [2.45, 2.75) is 19.0 Å². The zero-order valence-electron chi connectivity index (χ0n) is 7.86. The van der Waals surface area contributed by atoms with Crippen LogP contribution in [0, 0.1) is 0 Å². The van der Waals surface area contributed by atoms with E-state index in [2.05, 4.69) is 0 Å². The van der Waals surface area contributed by atoms with Gasteiger partial charge in [0.15, 0.2) is 0 Å². The molecule has 0 atom stereocenters. The van der Waals surface area contributed by atoms with Gasteiger partial charge in [0.2, 0.25) is 0 Å². The molecule has 0 heterocycles. The summed E-state index contributed by atoms with van der Waals surface area (Å²) in [6.07, 6.45) is -11.6. The van der Waals surface area contributed by atoms with Gasteiger partial charge >= 0.3 is 12.3 Å². The van der Waals surface area contributed by atoms with Gasteiger partial charge in [0.1, 0.15) is 0 Å². The first-order valence-corrected chi connectivity index (χ1v) is 3.47. The van der Waals surface area contributed by atoms with E-state index in [1.807, 2.05) is 0 Å². The van der Waals surface area contributed by atoms with Crippen molar-refractivity contribution in [3.05, 3.63) is 24.1 Å². The maximum absolute atomic E-state index is 11.4. The number of hydrogen-bond donors (Lipinski definition) is 0. The lowest BCUT2D eigenvalue weighted by Crippen LogP contribution is -2.08. The van der Waals surface area contributed by atoms with Crippen molar-refractivity contribution < 1.29 is 43.9 Å². The summed E-state index contributed by atoms with van der Waals surface area (Å²) in [5.74, 6) is -6.72. The van der Waals surface area contributed by atoms with Crippen LogP contribution in [0.2, 0.25) is 0 Å². The lowest BCUT2D eigenvalue weighted by molar-refractivity contribution is -0.113. The van der Waals surface area contributed by atoms with Crippen LogP contribution in [0.4, 0.5) is 43.9 Å². The summed E-state index contributed by atoms with van der Waals surface area (Å²) in [5.41, 5.74) is 0. The lowest BCUT2D eigenvalue weighted by Gasteiger charge is -1.98. The van der Waals surface area contributed by atoms with Gasteiger partial charge in [-0.2, -0.15) is 35.1 Å². The number of alkyl halides is 5. The fourth-order valence-corrected chi connectivity index (χ4v) is 0.299. The fourth-order valence-electron chi connectivity index (χ4n) is 0.299. The minimum Gasteiger partial charge on any atom is -0.202 e. The average Bonchev–Trinajstić information content (AvgIpc) is 1.96. The van der Waals surface area contributed by atoms with E-state index in [0.717, 1.165) is 0 Å². The normalized spacial score (nSPS) is 11.2. The molecule has 0 nitrogen and oxygen atoms in total. The van der Waals surface area contributed by atoms with Crippen LogP contribution in [0.1, 0.15) is 6.92 Å². The van der Waals surface area contributed by atoms with Crippen molar-refractivity contribution in [3.63, 3.8) is 0 Å². The summed E-state index contributed by atoms with van der Waals surface area (Å²) in [6.45, 7) is 0.395. The quantitative estimate of drug-likeness (QED) is 0.589. The fraction of sp³-hybridized carbons (Fsp3) is 0.429. The molecule has 0 amide bonds. The first kappa shape index (κ1) is 18.2. The third kappa shape index (κ3) is 12.7. The zero-order valence-corrected chi connectivity index (χ0v) is 7.86. The van der Waals surface area contributed by atoms with E-state index in [4.69, 9.17) is 0 Å². The van der Waals surface area contributed by atoms with Gasteiger partial charge in [0, 0.05) is 13.0 Å². The Bertz CT molecular complexity index is 283. The highest BCUT2D eigenvalue weighted by Crippen LogP contribution is 2.29. The Morgan fingerprint density at radius 2 is 1.18 bits per heavy atom. The highest BCUT2D eigenvalue weighted by Gasteiger charge is 2.38. The van der Waals surface area contributed by atoms with E-state index in [1.54, 1.807) is 0 Å². The molecule has 0 aliphatic heterocycles. The molecule has 0 saturated heterocycles. The van der Waals surface area contributed by atoms with Crippen LogP contribution in [0.15, 0.2) is 24.1 Å². The van der Waals surface area contributed by atoms with Crippen molar-refractivity contribution >= 4 is 0 Å². The summed E-state index contributed by atoms with van der Waals surface area (Å²) >= 11 is 0. The zero-order chi connectivity index (χ0) is 14.4. The van der Waals surface area contributed by atoms with E-state index in [9.17, 15) is 43.9 Å².